The van der Waals surface area contributed by atoms with Crippen molar-refractivity contribution in [1.82, 2.24) is 9.97 Å². The van der Waals surface area contributed by atoms with Crippen LogP contribution in [0.25, 0.3) is 0 Å². The van der Waals surface area contributed by atoms with Gasteiger partial charge in [-0.1, -0.05) is 20.8 Å². The third kappa shape index (κ3) is 3.50. The Kier molecular flexibility index (Phi) is 5.12. The van der Waals surface area contributed by atoms with Gasteiger partial charge >= 0.3 is 5.97 Å². The zero-order valence-electron chi connectivity index (χ0n) is 12.8. The van der Waals surface area contributed by atoms with Gasteiger partial charge in [0.1, 0.15) is 18.1 Å². The van der Waals surface area contributed by atoms with E-state index in [-0.39, 0.29) is 12.6 Å². The Labute approximate surface area is 125 Å². The minimum atomic E-state index is -0.809. The van der Waals surface area contributed by atoms with Crippen molar-refractivity contribution >= 4 is 11.8 Å². The Morgan fingerprint density at radius 1 is 1.48 bits per heavy atom. The monoisotopic (exact) mass is 293 g/mol. The molecule has 21 heavy (non-hydrogen) atoms. The number of carboxylic acid groups (broad SMARTS) is 1. The van der Waals surface area contributed by atoms with Crippen LogP contribution in [0.4, 0.5) is 5.82 Å². The van der Waals surface area contributed by atoms with Crippen molar-refractivity contribution < 1.29 is 14.6 Å². The first-order chi connectivity index (χ1) is 10.0. The Morgan fingerprint density at radius 3 is 2.86 bits per heavy atom. The number of aromatic nitrogens is 2. The highest BCUT2D eigenvalue weighted by atomic mass is 16.5. The smallest absolute Gasteiger partial charge is 0.311 e. The second-order valence-electron chi connectivity index (χ2n) is 5.70. The largest absolute Gasteiger partial charge is 0.481 e. The Bertz CT molecular complexity index is 493. The van der Waals surface area contributed by atoms with E-state index >= 15 is 0 Å². The molecule has 116 valence electrons. The molecule has 0 radical (unpaired) electrons. The molecule has 0 spiro atoms. The van der Waals surface area contributed by atoms with Crippen LogP contribution in [-0.2, 0) is 9.53 Å². The summed E-state index contributed by atoms with van der Waals surface area (Å²) >= 11 is 0. The molecule has 2 rings (SSSR count). The number of nitrogens with zero attached hydrogens (tertiary/aromatic N) is 3. The molecule has 1 N–H and O–H groups in total. The highest BCUT2D eigenvalue weighted by molar-refractivity contribution is 5.72. The van der Waals surface area contributed by atoms with Crippen molar-refractivity contribution in [3.63, 3.8) is 0 Å². The molecule has 0 amide bonds. The number of hydrogen-bond acceptors (Lipinski definition) is 5. The highest BCUT2D eigenvalue weighted by Gasteiger charge is 2.38. The molecule has 2 atom stereocenters. The maximum absolute atomic E-state index is 11.4. The van der Waals surface area contributed by atoms with Crippen molar-refractivity contribution in [2.24, 2.45) is 5.92 Å². The van der Waals surface area contributed by atoms with Gasteiger partial charge in [0.05, 0.1) is 19.3 Å². The first-order valence-electron chi connectivity index (χ1n) is 7.43. The minimum Gasteiger partial charge on any atom is -0.481 e. The van der Waals surface area contributed by atoms with Crippen molar-refractivity contribution in [2.45, 2.75) is 39.2 Å². The predicted molar refractivity (Wildman–Crippen MR) is 79.5 cm³/mol. The van der Waals surface area contributed by atoms with Gasteiger partial charge in [0.25, 0.3) is 0 Å². The molecule has 6 nitrogen and oxygen atoms in total. The van der Waals surface area contributed by atoms with Crippen molar-refractivity contribution in [1.29, 1.82) is 0 Å². The Hall–Kier alpha value is -1.69. The maximum Gasteiger partial charge on any atom is 0.311 e. The lowest BCUT2D eigenvalue weighted by Crippen LogP contribution is -2.44. The van der Waals surface area contributed by atoms with Crippen LogP contribution in [0.1, 0.15) is 38.8 Å². The second kappa shape index (κ2) is 6.85. The quantitative estimate of drug-likeness (QED) is 0.863. The molecule has 1 aromatic rings. The van der Waals surface area contributed by atoms with Crippen molar-refractivity contribution in [3.05, 3.63) is 18.1 Å². The van der Waals surface area contributed by atoms with Gasteiger partial charge in [-0.15, -0.1) is 0 Å². The normalized spacial score (nSPS) is 21.7. The van der Waals surface area contributed by atoms with E-state index in [2.05, 4.69) is 35.6 Å². The molecular formula is C15H23N3O3. The summed E-state index contributed by atoms with van der Waals surface area (Å²) in [6.07, 6.45) is 2.47. The highest BCUT2D eigenvalue weighted by Crippen LogP contribution is 2.26. The first-order valence-corrected chi connectivity index (χ1v) is 7.43. The van der Waals surface area contributed by atoms with E-state index in [0.29, 0.717) is 12.5 Å². The van der Waals surface area contributed by atoms with Gasteiger partial charge in [-0.05, 0) is 12.3 Å². The fourth-order valence-electron chi connectivity index (χ4n) is 2.61. The number of ether oxygens (including phenoxy) is 1. The van der Waals surface area contributed by atoms with E-state index in [0.717, 1.165) is 24.5 Å². The molecule has 2 heterocycles. The van der Waals surface area contributed by atoms with Crippen LogP contribution < -0.4 is 4.90 Å². The average molecular weight is 293 g/mol. The van der Waals surface area contributed by atoms with Gasteiger partial charge in [-0.25, -0.2) is 9.97 Å². The molecule has 2 unspecified atom stereocenters. The summed E-state index contributed by atoms with van der Waals surface area (Å²) in [5, 5.41) is 9.35. The number of rotatable bonds is 6. The Morgan fingerprint density at radius 2 is 2.24 bits per heavy atom. The van der Waals surface area contributed by atoms with Crippen LogP contribution in [-0.4, -0.2) is 46.8 Å². The van der Waals surface area contributed by atoms with E-state index in [1.54, 1.807) is 6.33 Å². The zero-order valence-corrected chi connectivity index (χ0v) is 12.8. The lowest BCUT2D eigenvalue weighted by Gasteiger charge is -2.31. The third-order valence-electron chi connectivity index (χ3n) is 3.79. The average Bonchev–Trinajstić information content (AvgIpc) is 2.94. The van der Waals surface area contributed by atoms with Crippen molar-refractivity contribution in [3.8, 4) is 0 Å². The molecule has 6 heteroatoms. The maximum atomic E-state index is 11.4. The third-order valence-corrected chi connectivity index (χ3v) is 3.79. The molecule has 1 aliphatic rings. The molecule has 1 saturated heterocycles. The number of hydrogen-bond donors (Lipinski definition) is 1. The molecule has 1 aromatic heterocycles. The summed E-state index contributed by atoms with van der Waals surface area (Å²) in [6, 6.07) is 1.79. The summed E-state index contributed by atoms with van der Waals surface area (Å²) in [7, 11) is 0. The second-order valence-corrected chi connectivity index (χ2v) is 5.70. The molecule has 0 bridgehead atoms. The van der Waals surface area contributed by atoms with Crippen LogP contribution in [0.3, 0.4) is 0 Å². The van der Waals surface area contributed by atoms with E-state index < -0.39 is 11.9 Å². The van der Waals surface area contributed by atoms with E-state index in [9.17, 15) is 9.90 Å². The van der Waals surface area contributed by atoms with Gasteiger partial charge < -0.3 is 14.7 Å². The predicted octanol–water partition coefficient (Wildman–Crippen LogP) is 1.92. The summed E-state index contributed by atoms with van der Waals surface area (Å²) in [5.41, 5.74) is 0.965. The van der Waals surface area contributed by atoms with Crippen LogP contribution in [0.5, 0.6) is 0 Å². The van der Waals surface area contributed by atoms with Gasteiger partial charge in [0.2, 0.25) is 0 Å². The number of aliphatic carboxylic acids is 1. The van der Waals surface area contributed by atoms with E-state index in [1.165, 1.54) is 0 Å². The SMILES string of the molecule is CCCN(c1cc(C(C)C)ncn1)C1COCC1C(=O)O. The standard InChI is InChI=1S/C15H23N3O3/c1-4-5-18(13-8-21-7-11(13)15(19)20)14-6-12(10(2)3)16-9-17-14/h6,9-11,13H,4-5,7-8H2,1-3H3,(H,19,20). The van der Waals surface area contributed by atoms with Crippen LogP contribution >= 0.6 is 0 Å². The molecule has 0 saturated carbocycles. The number of carboxylic acids is 1. The van der Waals surface area contributed by atoms with Crippen LogP contribution in [0.2, 0.25) is 0 Å². The first kappa shape index (κ1) is 15.7. The van der Waals surface area contributed by atoms with Gasteiger partial charge in [-0.3, -0.25) is 4.79 Å². The van der Waals surface area contributed by atoms with E-state index in [1.807, 2.05) is 6.07 Å². The lowest BCUT2D eigenvalue weighted by atomic mass is 10.0. The number of carbonyl (C=O) groups is 1. The fraction of sp³-hybridized carbons (Fsp3) is 0.667. The fourth-order valence-corrected chi connectivity index (χ4v) is 2.61. The topological polar surface area (TPSA) is 75.5 Å². The van der Waals surface area contributed by atoms with Gasteiger partial charge in [0, 0.05) is 18.3 Å². The van der Waals surface area contributed by atoms with Gasteiger partial charge in [0.15, 0.2) is 0 Å². The van der Waals surface area contributed by atoms with Gasteiger partial charge in [-0.2, -0.15) is 0 Å². The zero-order chi connectivity index (χ0) is 15.4. The molecule has 1 aliphatic heterocycles. The van der Waals surface area contributed by atoms with Crippen LogP contribution in [0.15, 0.2) is 12.4 Å². The van der Waals surface area contributed by atoms with Crippen molar-refractivity contribution in [2.75, 3.05) is 24.7 Å². The molecular weight excluding hydrogens is 270 g/mol. The lowest BCUT2D eigenvalue weighted by molar-refractivity contribution is -0.141. The molecule has 0 aromatic carbocycles. The van der Waals surface area contributed by atoms with E-state index in [4.69, 9.17) is 4.74 Å². The van der Waals surface area contributed by atoms with Crippen LogP contribution in [0, 0.1) is 5.92 Å². The minimum absolute atomic E-state index is 0.169. The summed E-state index contributed by atoms with van der Waals surface area (Å²) < 4.78 is 5.39. The molecule has 1 fully saturated rings. The number of anilines is 1. The summed E-state index contributed by atoms with van der Waals surface area (Å²) in [4.78, 5) is 22.1. The summed E-state index contributed by atoms with van der Waals surface area (Å²) in [5.74, 6) is -0.214. The summed E-state index contributed by atoms with van der Waals surface area (Å²) in [6.45, 7) is 7.68. The Balaban J connectivity index is 2.30. The molecule has 0 aliphatic carbocycles.